The largest absolute Gasteiger partial charge is 0.395 e. The lowest BCUT2D eigenvalue weighted by Crippen LogP contribution is -2.37. The minimum absolute atomic E-state index is 0.0219. The third kappa shape index (κ3) is 2.88. The van der Waals surface area contributed by atoms with Crippen molar-refractivity contribution in [2.24, 2.45) is 17.8 Å². The van der Waals surface area contributed by atoms with Crippen LogP contribution in [-0.4, -0.2) is 41.9 Å². The number of alkyl halides is 3. The maximum absolute atomic E-state index is 12.7. The van der Waals surface area contributed by atoms with Crippen LogP contribution in [0.3, 0.4) is 0 Å². The van der Waals surface area contributed by atoms with Crippen molar-refractivity contribution in [2.45, 2.75) is 33.0 Å². The number of aliphatic hydroxyl groups is 1. The summed E-state index contributed by atoms with van der Waals surface area (Å²) in [6, 6.07) is -0.353. The number of hydrogen-bond donors (Lipinski definition) is 1. The summed E-state index contributed by atoms with van der Waals surface area (Å²) >= 11 is 0. The fourth-order valence-electron chi connectivity index (χ4n) is 2.52. The third-order valence-electron chi connectivity index (χ3n) is 3.35. The van der Waals surface area contributed by atoms with Crippen LogP contribution in [0.4, 0.5) is 13.2 Å². The van der Waals surface area contributed by atoms with Crippen molar-refractivity contribution in [1.82, 2.24) is 4.90 Å². The Kier molecular flexibility index (Phi) is 4.23. The standard InChI is InChI=1S/C11H20F3NO/c1-7(2)4-15-5-9(11(12,13)14)8(3)10(15)6-16/h7-10,16H,4-6H2,1-3H3. The van der Waals surface area contributed by atoms with Gasteiger partial charge < -0.3 is 5.11 Å². The van der Waals surface area contributed by atoms with E-state index in [9.17, 15) is 18.3 Å². The van der Waals surface area contributed by atoms with Crippen LogP contribution in [0, 0.1) is 17.8 Å². The summed E-state index contributed by atoms with van der Waals surface area (Å²) in [5.74, 6) is -1.51. The molecule has 3 atom stereocenters. The van der Waals surface area contributed by atoms with E-state index in [1.807, 2.05) is 13.8 Å². The van der Waals surface area contributed by atoms with E-state index in [1.165, 1.54) is 0 Å². The van der Waals surface area contributed by atoms with Crippen molar-refractivity contribution in [2.75, 3.05) is 19.7 Å². The SMILES string of the molecule is CC(C)CN1CC(C(F)(F)F)C(C)C1CO. The van der Waals surface area contributed by atoms with Gasteiger partial charge >= 0.3 is 6.18 Å². The predicted octanol–water partition coefficient (Wildman–Crippen LogP) is 2.13. The third-order valence-corrected chi connectivity index (χ3v) is 3.35. The van der Waals surface area contributed by atoms with E-state index in [0.717, 1.165) is 0 Å². The van der Waals surface area contributed by atoms with E-state index < -0.39 is 18.0 Å². The van der Waals surface area contributed by atoms with E-state index in [2.05, 4.69) is 0 Å². The van der Waals surface area contributed by atoms with Crippen LogP contribution < -0.4 is 0 Å². The van der Waals surface area contributed by atoms with Crippen LogP contribution in [0.5, 0.6) is 0 Å². The molecule has 1 fully saturated rings. The van der Waals surface area contributed by atoms with Gasteiger partial charge in [0.25, 0.3) is 0 Å². The fraction of sp³-hybridized carbons (Fsp3) is 1.00. The first-order valence-corrected chi connectivity index (χ1v) is 5.69. The maximum Gasteiger partial charge on any atom is 0.393 e. The van der Waals surface area contributed by atoms with Crippen LogP contribution in [0.2, 0.25) is 0 Å². The molecule has 0 amide bonds. The molecule has 16 heavy (non-hydrogen) atoms. The van der Waals surface area contributed by atoms with Gasteiger partial charge in [0.15, 0.2) is 0 Å². The molecule has 1 saturated heterocycles. The van der Waals surface area contributed by atoms with E-state index in [4.69, 9.17) is 0 Å². The Labute approximate surface area is 94.4 Å². The lowest BCUT2D eigenvalue weighted by atomic mass is 9.92. The molecule has 0 bridgehead atoms. The number of likely N-dealkylation sites (tertiary alicyclic amines) is 1. The molecule has 1 heterocycles. The summed E-state index contributed by atoms with van der Waals surface area (Å²) < 4.78 is 38.2. The lowest BCUT2D eigenvalue weighted by molar-refractivity contribution is -0.179. The Hall–Kier alpha value is -0.290. The van der Waals surface area contributed by atoms with Gasteiger partial charge in [-0.25, -0.2) is 0 Å². The zero-order valence-corrected chi connectivity index (χ0v) is 9.96. The van der Waals surface area contributed by atoms with E-state index in [0.29, 0.717) is 12.5 Å². The van der Waals surface area contributed by atoms with E-state index in [-0.39, 0.29) is 19.2 Å². The summed E-state index contributed by atoms with van der Waals surface area (Å²) in [6.07, 6.45) is -4.15. The second-order valence-electron chi connectivity index (χ2n) is 5.10. The zero-order valence-electron chi connectivity index (χ0n) is 9.96. The van der Waals surface area contributed by atoms with Crippen LogP contribution in [-0.2, 0) is 0 Å². The highest BCUT2D eigenvalue weighted by molar-refractivity contribution is 4.93. The molecule has 96 valence electrons. The van der Waals surface area contributed by atoms with E-state index >= 15 is 0 Å². The summed E-state index contributed by atoms with van der Waals surface area (Å²) in [4.78, 5) is 1.77. The average molecular weight is 239 g/mol. The van der Waals surface area contributed by atoms with Gasteiger partial charge in [0, 0.05) is 19.1 Å². The van der Waals surface area contributed by atoms with Gasteiger partial charge in [0.05, 0.1) is 12.5 Å². The van der Waals surface area contributed by atoms with E-state index in [1.54, 1.807) is 11.8 Å². The zero-order chi connectivity index (χ0) is 12.5. The van der Waals surface area contributed by atoms with Crippen molar-refractivity contribution in [3.05, 3.63) is 0 Å². The Morgan fingerprint density at radius 3 is 2.31 bits per heavy atom. The highest BCUT2D eigenvalue weighted by Crippen LogP contribution is 2.40. The monoisotopic (exact) mass is 239 g/mol. The second kappa shape index (κ2) is 4.92. The van der Waals surface area contributed by atoms with Crippen molar-refractivity contribution < 1.29 is 18.3 Å². The molecule has 1 N–H and O–H groups in total. The first-order chi connectivity index (χ1) is 7.27. The van der Waals surface area contributed by atoms with Gasteiger partial charge in [-0.1, -0.05) is 20.8 Å². The maximum atomic E-state index is 12.7. The second-order valence-corrected chi connectivity index (χ2v) is 5.10. The molecule has 0 aromatic rings. The number of hydrogen-bond acceptors (Lipinski definition) is 2. The molecule has 0 aliphatic carbocycles. The molecule has 0 aromatic heterocycles. The molecular formula is C11H20F3NO. The van der Waals surface area contributed by atoms with Crippen molar-refractivity contribution in [1.29, 1.82) is 0 Å². The molecule has 0 aromatic carbocycles. The molecular weight excluding hydrogens is 219 g/mol. The van der Waals surface area contributed by atoms with Crippen LogP contribution in [0.25, 0.3) is 0 Å². The number of halogens is 3. The van der Waals surface area contributed by atoms with Gasteiger partial charge in [-0.15, -0.1) is 0 Å². The van der Waals surface area contributed by atoms with Gasteiger partial charge in [0.2, 0.25) is 0 Å². The predicted molar refractivity (Wildman–Crippen MR) is 56.0 cm³/mol. The molecule has 2 nitrogen and oxygen atoms in total. The molecule has 0 saturated carbocycles. The first kappa shape index (κ1) is 13.8. The molecule has 5 heteroatoms. The molecule has 3 unspecified atom stereocenters. The minimum atomic E-state index is -4.15. The van der Waals surface area contributed by atoms with Gasteiger partial charge in [-0.2, -0.15) is 13.2 Å². The summed E-state index contributed by atoms with van der Waals surface area (Å²) in [5, 5.41) is 9.19. The normalized spacial score (nSPS) is 32.6. The Morgan fingerprint density at radius 2 is 1.94 bits per heavy atom. The quantitative estimate of drug-likeness (QED) is 0.815. The van der Waals surface area contributed by atoms with Gasteiger partial charge in [-0.3, -0.25) is 4.90 Å². The molecule has 1 rings (SSSR count). The number of rotatable bonds is 3. The molecule has 1 aliphatic rings. The van der Waals surface area contributed by atoms with Crippen LogP contribution in [0.15, 0.2) is 0 Å². The lowest BCUT2D eigenvalue weighted by Gasteiger charge is -2.26. The molecule has 0 radical (unpaired) electrons. The van der Waals surface area contributed by atoms with Gasteiger partial charge in [0.1, 0.15) is 0 Å². The summed E-state index contributed by atoms with van der Waals surface area (Å²) in [5.41, 5.74) is 0. The van der Waals surface area contributed by atoms with Crippen molar-refractivity contribution in [3.63, 3.8) is 0 Å². The summed E-state index contributed by atoms with van der Waals surface area (Å²) in [7, 11) is 0. The smallest absolute Gasteiger partial charge is 0.393 e. The summed E-state index contributed by atoms with van der Waals surface area (Å²) in [6.45, 7) is 5.97. The topological polar surface area (TPSA) is 23.5 Å². The highest BCUT2D eigenvalue weighted by Gasteiger charge is 2.51. The average Bonchev–Trinajstić information content (AvgIpc) is 2.40. The first-order valence-electron chi connectivity index (χ1n) is 5.69. The number of aliphatic hydroxyl groups excluding tert-OH is 1. The Bertz CT molecular complexity index is 230. The fourth-order valence-corrected chi connectivity index (χ4v) is 2.52. The van der Waals surface area contributed by atoms with Crippen LogP contribution in [0.1, 0.15) is 20.8 Å². The van der Waals surface area contributed by atoms with Crippen molar-refractivity contribution in [3.8, 4) is 0 Å². The number of nitrogens with zero attached hydrogens (tertiary/aromatic N) is 1. The van der Waals surface area contributed by atoms with Gasteiger partial charge in [-0.05, 0) is 11.8 Å². The Morgan fingerprint density at radius 1 is 1.38 bits per heavy atom. The Balaban J connectivity index is 2.75. The molecule has 1 aliphatic heterocycles. The van der Waals surface area contributed by atoms with Crippen molar-refractivity contribution >= 4 is 0 Å². The van der Waals surface area contributed by atoms with Crippen LogP contribution >= 0.6 is 0 Å². The minimum Gasteiger partial charge on any atom is -0.395 e. The molecule has 0 spiro atoms. The highest BCUT2D eigenvalue weighted by atomic mass is 19.4.